The van der Waals surface area contributed by atoms with Gasteiger partial charge in [0.05, 0.1) is 15.0 Å². The third-order valence-electron chi connectivity index (χ3n) is 1.56. The summed E-state index contributed by atoms with van der Waals surface area (Å²) in [6.07, 6.45) is 0. The van der Waals surface area contributed by atoms with Crippen LogP contribution in [-0.2, 0) is 0 Å². The topological polar surface area (TPSA) is 43.1 Å². The summed E-state index contributed by atoms with van der Waals surface area (Å²) in [5.74, 6) is 0. The molecule has 0 heterocycles. The van der Waals surface area contributed by atoms with Crippen LogP contribution >= 0.6 is 34.8 Å². The average molecular weight is 240 g/mol. The predicted octanol–water partition coefficient (Wildman–Crippen LogP) is 3.86. The van der Waals surface area contributed by atoms with Gasteiger partial charge < -0.3 is 0 Å². The zero-order chi connectivity index (χ0) is 10.2. The summed E-state index contributed by atoms with van der Waals surface area (Å²) >= 11 is 17.0. The van der Waals surface area contributed by atoms with Gasteiger partial charge >= 0.3 is 0 Å². The van der Waals surface area contributed by atoms with Crippen molar-refractivity contribution in [2.45, 2.75) is 6.92 Å². The normalized spacial score (nSPS) is 10.2. The fourth-order valence-corrected chi connectivity index (χ4v) is 1.70. The van der Waals surface area contributed by atoms with Gasteiger partial charge in [0.2, 0.25) is 0 Å². The van der Waals surface area contributed by atoms with E-state index >= 15 is 0 Å². The van der Waals surface area contributed by atoms with Crippen LogP contribution in [-0.4, -0.2) is 4.92 Å². The first kappa shape index (κ1) is 10.6. The van der Waals surface area contributed by atoms with Gasteiger partial charge in [0.1, 0.15) is 5.02 Å². The second kappa shape index (κ2) is 3.70. The van der Waals surface area contributed by atoms with Crippen molar-refractivity contribution in [3.05, 3.63) is 36.8 Å². The quantitative estimate of drug-likeness (QED) is 0.425. The highest BCUT2D eigenvalue weighted by molar-refractivity contribution is 6.44. The molecule has 1 rings (SSSR count). The molecule has 0 aliphatic rings. The van der Waals surface area contributed by atoms with E-state index in [-0.39, 0.29) is 26.3 Å². The molecule has 13 heavy (non-hydrogen) atoms. The Hall–Kier alpha value is -0.510. The summed E-state index contributed by atoms with van der Waals surface area (Å²) in [5.41, 5.74) is 0.0835. The molecule has 0 radical (unpaired) electrons. The van der Waals surface area contributed by atoms with Crippen molar-refractivity contribution >= 4 is 40.5 Å². The summed E-state index contributed by atoms with van der Waals surface area (Å²) in [4.78, 5) is 9.94. The molecule has 0 aromatic heterocycles. The largest absolute Gasteiger partial charge is 0.292 e. The van der Waals surface area contributed by atoms with Gasteiger partial charge in [0.15, 0.2) is 0 Å². The summed E-state index contributed by atoms with van der Waals surface area (Å²) in [6, 6.07) is 1.26. The van der Waals surface area contributed by atoms with Crippen LogP contribution in [0, 0.1) is 17.0 Å². The molecular weight excluding hydrogens is 236 g/mol. The van der Waals surface area contributed by atoms with Gasteiger partial charge in [-0.05, 0) is 13.0 Å². The monoisotopic (exact) mass is 239 g/mol. The maximum Gasteiger partial charge on any atom is 0.292 e. The van der Waals surface area contributed by atoms with Crippen LogP contribution in [0.4, 0.5) is 5.69 Å². The first-order valence-electron chi connectivity index (χ1n) is 3.23. The van der Waals surface area contributed by atoms with Crippen molar-refractivity contribution in [1.29, 1.82) is 0 Å². The summed E-state index contributed by atoms with van der Waals surface area (Å²) in [7, 11) is 0. The third-order valence-corrected chi connectivity index (χ3v) is 2.73. The molecule has 70 valence electrons. The van der Waals surface area contributed by atoms with Crippen molar-refractivity contribution < 1.29 is 4.92 Å². The van der Waals surface area contributed by atoms with E-state index in [0.29, 0.717) is 0 Å². The Morgan fingerprint density at radius 3 is 2.31 bits per heavy atom. The van der Waals surface area contributed by atoms with E-state index in [1.807, 2.05) is 0 Å². The van der Waals surface area contributed by atoms with E-state index in [9.17, 15) is 10.1 Å². The van der Waals surface area contributed by atoms with Crippen LogP contribution in [0.2, 0.25) is 15.1 Å². The van der Waals surface area contributed by atoms with Gasteiger partial charge in [-0.25, -0.2) is 0 Å². The third kappa shape index (κ3) is 1.88. The number of hydrogen-bond donors (Lipinski definition) is 0. The van der Waals surface area contributed by atoms with Crippen LogP contribution in [0.5, 0.6) is 0 Å². The van der Waals surface area contributed by atoms with Crippen molar-refractivity contribution in [2.75, 3.05) is 0 Å². The minimum absolute atomic E-state index is 0.00287. The number of nitro groups is 1. The van der Waals surface area contributed by atoms with Gasteiger partial charge in [-0.2, -0.15) is 0 Å². The van der Waals surface area contributed by atoms with Gasteiger partial charge in [-0.1, -0.05) is 34.8 Å². The molecule has 0 aliphatic carbocycles. The Labute approximate surface area is 89.4 Å². The van der Waals surface area contributed by atoms with E-state index in [1.54, 1.807) is 0 Å². The van der Waals surface area contributed by atoms with Gasteiger partial charge in [0, 0.05) is 5.56 Å². The standard InChI is InChI=1S/C7H4Cl3NO2/c1-3-6(10)4(8)2-5(9)7(3)11(12)13/h2H,1H3. The molecule has 0 fully saturated rings. The number of nitro benzene ring substituents is 1. The second-order valence-corrected chi connectivity index (χ2v) is 3.58. The Kier molecular flexibility index (Phi) is 3.01. The SMILES string of the molecule is Cc1c(Cl)c(Cl)cc(Cl)c1[N+](=O)[O-]. The van der Waals surface area contributed by atoms with Crippen LogP contribution < -0.4 is 0 Å². The van der Waals surface area contributed by atoms with E-state index < -0.39 is 4.92 Å². The summed E-state index contributed by atoms with van der Waals surface area (Å²) in [6.45, 7) is 1.50. The fraction of sp³-hybridized carbons (Fsp3) is 0.143. The maximum atomic E-state index is 10.5. The number of benzene rings is 1. The molecule has 6 heteroatoms. The summed E-state index contributed by atoms with van der Waals surface area (Å²) in [5, 5.41) is 10.9. The maximum absolute atomic E-state index is 10.5. The molecular formula is C7H4Cl3NO2. The first-order chi connectivity index (χ1) is 5.95. The Morgan fingerprint density at radius 1 is 1.31 bits per heavy atom. The number of hydrogen-bond acceptors (Lipinski definition) is 2. The van der Waals surface area contributed by atoms with Crippen molar-refractivity contribution in [2.24, 2.45) is 0 Å². The zero-order valence-electron chi connectivity index (χ0n) is 6.47. The molecule has 0 bridgehead atoms. The molecule has 0 aliphatic heterocycles. The molecule has 0 unspecified atom stereocenters. The van der Waals surface area contributed by atoms with Crippen molar-refractivity contribution in [3.8, 4) is 0 Å². The molecule has 0 saturated heterocycles. The smallest absolute Gasteiger partial charge is 0.258 e. The lowest BCUT2D eigenvalue weighted by atomic mass is 10.2. The second-order valence-electron chi connectivity index (χ2n) is 2.38. The predicted molar refractivity (Wildman–Crippen MR) is 52.9 cm³/mol. The van der Waals surface area contributed by atoms with Crippen molar-refractivity contribution in [3.63, 3.8) is 0 Å². The number of nitrogens with zero attached hydrogens (tertiary/aromatic N) is 1. The highest BCUT2D eigenvalue weighted by atomic mass is 35.5. The Balaban J connectivity index is 3.53. The highest BCUT2D eigenvalue weighted by Crippen LogP contribution is 2.37. The molecule has 0 saturated carbocycles. The molecule has 1 aromatic rings. The van der Waals surface area contributed by atoms with Crippen molar-refractivity contribution in [1.82, 2.24) is 0 Å². The highest BCUT2D eigenvalue weighted by Gasteiger charge is 2.20. The number of halogens is 3. The van der Waals surface area contributed by atoms with Gasteiger partial charge in [0.25, 0.3) is 5.69 Å². The van der Waals surface area contributed by atoms with Crippen LogP contribution in [0.15, 0.2) is 6.07 Å². The van der Waals surface area contributed by atoms with E-state index in [2.05, 4.69) is 0 Å². The lowest BCUT2D eigenvalue weighted by Gasteiger charge is -2.03. The lowest BCUT2D eigenvalue weighted by Crippen LogP contribution is -1.93. The molecule has 0 spiro atoms. The molecule has 0 atom stereocenters. The van der Waals surface area contributed by atoms with Gasteiger partial charge in [-0.15, -0.1) is 0 Å². The first-order valence-corrected chi connectivity index (χ1v) is 4.37. The minimum atomic E-state index is -0.583. The lowest BCUT2D eigenvalue weighted by molar-refractivity contribution is -0.385. The molecule has 3 nitrogen and oxygen atoms in total. The van der Waals surface area contributed by atoms with Crippen LogP contribution in [0.3, 0.4) is 0 Å². The molecule has 0 N–H and O–H groups in total. The fourth-order valence-electron chi connectivity index (χ4n) is 0.929. The van der Waals surface area contributed by atoms with E-state index in [1.165, 1.54) is 13.0 Å². The average Bonchev–Trinajstić information content (AvgIpc) is 1.99. The molecule has 1 aromatic carbocycles. The Bertz CT molecular complexity index is 378. The van der Waals surface area contributed by atoms with Gasteiger partial charge in [-0.3, -0.25) is 10.1 Å². The van der Waals surface area contributed by atoms with Crippen LogP contribution in [0.1, 0.15) is 5.56 Å². The van der Waals surface area contributed by atoms with Crippen LogP contribution in [0.25, 0.3) is 0 Å². The van der Waals surface area contributed by atoms with E-state index in [0.717, 1.165) is 0 Å². The zero-order valence-corrected chi connectivity index (χ0v) is 8.74. The molecule has 0 amide bonds. The Morgan fingerprint density at radius 2 is 1.85 bits per heavy atom. The summed E-state index contributed by atoms with van der Waals surface area (Å²) < 4.78 is 0. The van der Waals surface area contributed by atoms with E-state index in [4.69, 9.17) is 34.8 Å². The minimum Gasteiger partial charge on any atom is -0.258 e. The number of rotatable bonds is 1.